The van der Waals surface area contributed by atoms with E-state index in [-0.39, 0.29) is 51.4 Å². The molecule has 0 aromatic heterocycles. The Kier molecular flexibility index (Phi) is 14.6. The van der Waals surface area contributed by atoms with Gasteiger partial charge in [-0.1, -0.05) is 0 Å². The van der Waals surface area contributed by atoms with Crippen LogP contribution in [0.15, 0.2) is 0 Å². The van der Waals surface area contributed by atoms with Crippen LogP contribution in [0.5, 0.6) is 0 Å². The summed E-state index contributed by atoms with van der Waals surface area (Å²) in [6, 6.07) is 0. The predicted octanol–water partition coefficient (Wildman–Crippen LogP) is -5.06. The summed E-state index contributed by atoms with van der Waals surface area (Å²) < 4.78 is 0. The van der Waals surface area contributed by atoms with E-state index in [1.165, 1.54) is 0 Å². The first-order chi connectivity index (χ1) is 4.73. The quantitative estimate of drug-likeness (QED) is 0.370. The molecule has 0 unspecified atom stereocenters. The minimum Gasteiger partial charge on any atom is -0.550 e. The zero-order valence-electron chi connectivity index (χ0n) is 7.14. The summed E-state index contributed by atoms with van der Waals surface area (Å²) in [6.07, 6.45) is 0. The van der Waals surface area contributed by atoms with Crippen molar-refractivity contribution >= 4 is 5.97 Å². The van der Waals surface area contributed by atoms with Crippen molar-refractivity contribution in [2.45, 2.75) is 6.92 Å². The molecule has 1 aliphatic heterocycles. The number of carbonyl (C=O) groups is 1. The van der Waals surface area contributed by atoms with E-state index in [9.17, 15) is 0 Å². The molecule has 4 nitrogen and oxygen atoms in total. The minimum atomic E-state index is -1.08. The number of carboxylic acid groups (broad SMARTS) is 1. The van der Waals surface area contributed by atoms with Crippen LogP contribution in [0.4, 0.5) is 0 Å². The molecule has 0 aliphatic carbocycles. The van der Waals surface area contributed by atoms with Gasteiger partial charge in [-0.2, -0.15) is 0 Å². The summed E-state index contributed by atoms with van der Waals surface area (Å²) in [5.74, 6) is -1.08. The number of nitrogens with one attached hydrogen (secondary N) is 2. The Balaban J connectivity index is 0. The van der Waals surface area contributed by atoms with Crippen molar-refractivity contribution in [3.63, 3.8) is 0 Å². The smallest absolute Gasteiger partial charge is 0.550 e. The third-order valence-electron chi connectivity index (χ3n) is 0.957. The second-order valence-electron chi connectivity index (χ2n) is 1.99. The molecule has 0 atom stereocenters. The molecular weight excluding hydrogens is 171 g/mol. The fourth-order valence-electron chi connectivity index (χ4n) is 0.604. The van der Waals surface area contributed by atoms with E-state index in [0.717, 1.165) is 33.1 Å². The predicted molar refractivity (Wildman–Crippen MR) is 36.4 cm³/mol. The minimum absolute atomic E-state index is 0. The van der Waals surface area contributed by atoms with E-state index in [2.05, 4.69) is 10.6 Å². The fourth-order valence-corrected chi connectivity index (χ4v) is 0.604. The number of aliphatic carboxylic acids is 1. The van der Waals surface area contributed by atoms with Gasteiger partial charge in [-0.15, -0.1) is 0 Å². The summed E-state index contributed by atoms with van der Waals surface area (Å²) in [5, 5.41) is 15.3. The van der Waals surface area contributed by atoms with Crippen molar-refractivity contribution in [3.05, 3.63) is 0 Å². The molecule has 0 bridgehead atoms. The zero-order chi connectivity index (χ0) is 7.82. The van der Waals surface area contributed by atoms with Gasteiger partial charge in [0.1, 0.15) is 0 Å². The van der Waals surface area contributed by atoms with Crippen molar-refractivity contribution in [1.82, 2.24) is 10.6 Å². The Hall–Kier alpha value is 1.03. The first-order valence-electron chi connectivity index (χ1n) is 3.32. The molecule has 1 heterocycles. The van der Waals surface area contributed by atoms with Gasteiger partial charge in [0, 0.05) is 32.1 Å². The Labute approximate surface area is 110 Å². The normalized spacial score (nSPS) is 15.4. The number of rotatable bonds is 0. The van der Waals surface area contributed by atoms with E-state index in [0.29, 0.717) is 0 Å². The number of piperazine rings is 1. The van der Waals surface area contributed by atoms with Crippen molar-refractivity contribution < 1.29 is 61.3 Å². The van der Waals surface area contributed by atoms with E-state index in [4.69, 9.17) is 9.90 Å². The average molecular weight is 184 g/mol. The Morgan fingerprint density at radius 3 is 1.45 bits per heavy atom. The Morgan fingerprint density at radius 1 is 1.18 bits per heavy atom. The topological polar surface area (TPSA) is 64.2 Å². The molecule has 1 rings (SSSR count). The third kappa shape index (κ3) is 18.2. The fraction of sp³-hybridized carbons (Fsp3) is 0.833. The van der Waals surface area contributed by atoms with Gasteiger partial charge in [-0.05, 0) is 6.92 Å². The second kappa shape index (κ2) is 11.0. The van der Waals surface area contributed by atoms with Crippen LogP contribution >= 0.6 is 0 Å². The SMILES string of the molecule is C1CNCCN1.CC(=O)[O-].[K+]. The second-order valence-corrected chi connectivity index (χ2v) is 1.99. The standard InChI is InChI=1S/C4H10N2.C2H4O2.K/c1-2-6-4-3-5-1;1-2(3)4;/h5-6H,1-4H2;1H3,(H,3,4);/q;;+1/p-1. The summed E-state index contributed by atoms with van der Waals surface area (Å²) in [4.78, 5) is 8.89. The maximum Gasteiger partial charge on any atom is 1.00 e. The van der Waals surface area contributed by atoms with Crippen LogP contribution in [0.25, 0.3) is 0 Å². The van der Waals surface area contributed by atoms with Gasteiger partial charge in [0.05, 0.1) is 0 Å². The molecule has 5 heteroatoms. The molecule has 2 N–H and O–H groups in total. The van der Waals surface area contributed by atoms with Crippen LogP contribution in [0.3, 0.4) is 0 Å². The van der Waals surface area contributed by atoms with Gasteiger partial charge in [0.25, 0.3) is 0 Å². The number of hydrogen-bond acceptors (Lipinski definition) is 4. The molecule has 0 saturated carbocycles. The van der Waals surface area contributed by atoms with E-state index in [1.807, 2.05) is 0 Å². The first-order valence-corrected chi connectivity index (χ1v) is 3.32. The Morgan fingerprint density at radius 2 is 1.36 bits per heavy atom. The molecule has 60 valence electrons. The van der Waals surface area contributed by atoms with Crippen molar-refractivity contribution in [1.29, 1.82) is 0 Å². The third-order valence-corrected chi connectivity index (χ3v) is 0.957. The summed E-state index contributed by atoms with van der Waals surface area (Å²) in [6.45, 7) is 5.53. The average Bonchev–Trinajstić information content (AvgIpc) is 1.90. The van der Waals surface area contributed by atoms with Gasteiger partial charge in [-0.3, -0.25) is 0 Å². The molecule has 1 fully saturated rings. The molecule has 0 aromatic rings. The van der Waals surface area contributed by atoms with Crippen LogP contribution in [0, 0.1) is 0 Å². The van der Waals surface area contributed by atoms with Crippen molar-refractivity contribution in [2.24, 2.45) is 0 Å². The Bertz CT molecular complexity index is 81.1. The molecule has 1 aliphatic rings. The summed E-state index contributed by atoms with van der Waals surface area (Å²) in [7, 11) is 0. The van der Waals surface area contributed by atoms with Gasteiger partial charge in [0.2, 0.25) is 0 Å². The van der Waals surface area contributed by atoms with Gasteiger partial charge >= 0.3 is 51.4 Å². The van der Waals surface area contributed by atoms with Gasteiger partial charge < -0.3 is 20.5 Å². The summed E-state index contributed by atoms with van der Waals surface area (Å²) in [5.41, 5.74) is 0. The van der Waals surface area contributed by atoms with Gasteiger partial charge in [0.15, 0.2) is 0 Å². The van der Waals surface area contributed by atoms with Crippen LogP contribution in [-0.2, 0) is 4.79 Å². The van der Waals surface area contributed by atoms with Crippen LogP contribution < -0.4 is 67.1 Å². The van der Waals surface area contributed by atoms with Gasteiger partial charge in [-0.25, -0.2) is 0 Å². The molecule has 0 amide bonds. The molecular formula is C6H13KN2O2. The van der Waals surface area contributed by atoms with Crippen molar-refractivity contribution in [3.8, 4) is 0 Å². The number of carbonyl (C=O) groups excluding carboxylic acids is 1. The first kappa shape index (κ1) is 14.5. The van der Waals surface area contributed by atoms with Crippen molar-refractivity contribution in [2.75, 3.05) is 26.2 Å². The molecule has 11 heavy (non-hydrogen) atoms. The monoisotopic (exact) mass is 184 g/mol. The molecule has 1 saturated heterocycles. The number of hydrogen-bond donors (Lipinski definition) is 2. The van der Waals surface area contributed by atoms with Crippen LogP contribution in [0.1, 0.15) is 6.92 Å². The molecule has 0 spiro atoms. The van der Waals surface area contributed by atoms with E-state index in [1.54, 1.807) is 0 Å². The maximum absolute atomic E-state index is 8.89. The largest absolute Gasteiger partial charge is 1.00 e. The van der Waals surface area contributed by atoms with E-state index < -0.39 is 5.97 Å². The zero-order valence-corrected chi connectivity index (χ0v) is 10.3. The molecule has 0 aromatic carbocycles. The van der Waals surface area contributed by atoms with E-state index >= 15 is 0 Å². The summed E-state index contributed by atoms with van der Waals surface area (Å²) >= 11 is 0. The number of carboxylic acids is 1. The van der Waals surface area contributed by atoms with Crippen LogP contribution in [0.2, 0.25) is 0 Å². The van der Waals surface area contributed by atoms with Crippen LogP contribution in [-0.4, -0.2) is 32.1 Å². The maximum atomic E-state index is 8.89. The molecule has 0 radical (unpaired) electrons.